The lowest BCUT2D eigenvalue weighted by Gasteiger charge is -2.23. The van der Waals surface area contributed by atoms with Gasteiger partial charge in [0.2, 0.25) is 5.91 Å². The Morgan fingerprint density at radius 2 is 2.08 bits per heavy atom. The number of carbonyl (C=O) groups excluding carboxylic acids is 1. The fourth-order valence-corrected chi connectivity index (χ4v) is 2.81. The third-order valence-corrected chi connectivity index (χ3v) is 4.27. The number of β-amino-alcohol motifs (C(OH)–C–C–N with tert-alkyl or cyclic N) is 1. The van der Waals surface area contributed by atoms with Crippen molar-refractivity contribution >= 4 is 5.91 Å². The highest BCUT2D eigenvalue weighted by molar-refractivity contribution is 5.78. The zero-order valence-corrected chi connectivity index (χ0v) is 13.8. The molecule has 5 nitrogen and oxygen atoms in total. The van der Waals surface area contributed by atoms with Crippen molar-refractivity contribution < 1.29 is 14.6 Å². The molecule has 1 atom stereocenters. The number of carbonyl (C=O) groups is 1. The molecule has 0 radical (unpaired) electrons. The molecule has 0 bridgehead atoms. The van der Waals surface area contributed by atoms with Gasteiger partial charge in [-0.1, -0.05) is 23.8 Å². The van der Waals surface area contributed by atoms with Crippen LogP contribution in [0, 0.1) is 6.92 Å². The summed E-state index contributed by atoms with van der Waals surface area (Å²) in [5.41, 5.74) is 0.909. The van der Waals surface area contributed by atoms with Crippen LogP contribution in [0.25, 0.3) is 0 Å². The first kappa shape index (κ1) is 16.5. The number of nitrogens with zero attached hydrogens (tertiary/aromatic N) is 2. The predicted octanol–water partition coefficient (Wildman–Crippen LogP) is 1.97. The third-order valence-electron chi connectivity index (χ3n) is 4.27. The Morgan fingerprint density at radius 1 is 1.29 bits per heavy atom. The Labute approximate surface area is 141 Å². The molecule has 0 aliphatic carbocycles. The maximum Gasteiger partial charge on any atom is 0.228 e. The van der Waals surface area contributed by atoms with Crippen LogP contribution in [0.15, 0.2) is 48.7 Å². The molecule has 3 rings (SSSR count). The van der Waals surface area contributed by atoms with Gasteiger partial charge in [0.15, 0.2) is 0 Å². The number of aryl methyl sites for hydroxylation is 1. The number of ether oxygens (including phenoxy) is 1. The second kappa shape index (κ2) is 7.01. The number of pyridine rings is 1. The smallest absolute Gasteiger partial charge is 0.228 e. The number of aromatic nitrogens is 1. The summed E-state index contributed by atoms with van der Waals surface area (Å²) in [6.45, 7) is 3.03. The minimum Gasteiger partial charge on any atom is -0.491 e. The average Bonchev–Trinajstić information content (AvgIpc) is 2.98. The van der Waals surface area contributed by atoms with Crippen molar-refractivity contribution in [1.82, 2.24) is 9.88 Å². The van der Waals surface area contributed by atoms with E-state index in [0.29, 0.717) is 19.5 Å². The summed E-state index contributed by atoms with van der Waals surface area (Å²) in [6.07, 6.45) is 2.46. The van der Waals surface area contributed by atoms with E-state index in [9.17, 15) is 9.90 Å². The summed E-state index contributed by atoms with van der Waals surface area (Å²) >= 11 is 0. The number of hydrogen-bond acceptors (Lipinski definition) is 4. The van der Waals surface area contributed by atoms with Crippen molar-refractivity contribution in [2.75, 3.05) is 19.7 Å². The van der Waals surface area contributed by atoms with E-state index in [-0.39, 0.29) is 18.9 Å². The molecular formula is C19H22N2O3. The third kappa shape index (κ3) is 4.11. The van der Waals surface area contributed by atoms with E-state index < -0.39 is 5.60 Å². The van der Waals surface area contributed by atoms with Gasteiger partial charge in [-0.15, -0.1) is 0 Å². The minimum atomic E-state index is -0.995. The van der Waals surface area contributed by atoms with Gasteiger partial charge in [-0.25, -0.2) is 0 Å². The summed E-state index contributed by atoms with van der Waals surface area (Å²) in [7, 11) is 0. The summed E-state index contributed by atoms with van der Waals surface area (Å²) in [6, 6.07) is 13.2. The van der Waals surface area contributed by atoms with Gasteiger partial charge in [-0.3, -0.25) is 9.78 Å². The highest BCUT2D eigenvalue weighted by Gasteiger charge is 2.38. The molecule has 1 amide bonds. The van der Waals surface area contributed by atoms with Crippen molar-refractivity contribution in [3.05, 3.63) is 59.9 Å². The first-order valence-corrected chi connectivity index (χ1v) is 8.14. The molecule has 0 spiro atoms. The fraction of sp³-hybridized carbons (Fsp3) is 0.368. The molecule has 126 valence electrons. The Balaban J connectivity index is 1.53. The number of benzene rings is 1. The lowest BCUT2D eigenvalue weighted by Crippen LogP contribution is -2.41. The van der Waals surface area contributed by atoms with E-state index >= 15 is 0 Å². The molecule has 1 N–H and O–H groups in total. The summed E-state index contributed by atoms with van der Waals surface area (Å²) in [4.78, 5) is 18.2. The predicted molar refractivity (Wildman–Crippen MR) is 90.8 cm³/mol. The van der Waals surface area contributed by atoms with E-state index in [4.69, 9.17) is 4.74 Å². The zero-order valence-electron chi connectivity index (χ0n) is 13.8. The Morgan fingerprint density at radius 3 is 2.79 bits per heavy atom. The molecule has 1 saturated heterocycles. The van der Waals surface area contributed by atoms with Crippen molar-refractivity contribution in [3.63, 3.8) is 0 Å². The topological polar surface area (TPSA) is 62.7 Å². The average molecular weight is 326 g/mol. The van der Waals surface area contributed by atoms with Crippen molar-refractivity contribution in [3.8, 4) is 5.75 Å². The summed E-state index contributed by atoms with van der Waals surface area (Å²) in [5, 5.41) is 10.7. The lowest BCUT2D eigenvalue weighted by atomic mass is 10.1. The van der Waals surface area contributed by atoms with Gasteiger partial charge in [0.1, 0.15) is 18.0 Å². The van der Waals surface area contributed by atoms with E-state index in [1.807, 2.05) is 49.4 Å². The van der Waals surface area contributed by atoms with Crippen LogP contribution in [0.5, 0.6) is 5.75 Å². The fourth-order valence-electron chi connectivity index (χ4n) is 2.81. The number of likely N-dealkylation sites (tertiary alicyclic amines) is 1. The van der Waals surface area contributed by atoms with Crippen LogP contribution >= 0.6 is 0 Å². The van der Waals surface area contributed by atoms with Gasteiger partial charge in [0.05, 0.1) is 13.0 Å². The van der Waals surface area contributed by atoms with Crippen LogP contribution in [-0.4, -0.2) is 46.2 Å². The molecule has 1 unspecified atom stereocenters. The molecular weight excluding hydrogens is 304 g/mol. The second-order valence-corrected chi connectivity index (χ2v) is 6.39. The maximum atomic E-state index is 12.3. The van der Waals surface area contributed by atoms with Crippen LogP contribution in [0.4, 0.5) is 0 Å². The number of hydrogen-bond donors (Lipinski definition) is 1. The Hall–Kier alpha value is -2.40. The minimum absolute atomic E-state index is 0.0139. The van der Waals surface area contributed by atoms with Crippen LogP contribution in [-0.2, 0) is 11.2 Å². The number of amides is 1. The second-order valence-electron chi connectivity index (χ2n) is 6.39. The largest absolute Gasteiger partial charge is 0.491 e. The van der Waals surface area contributed by atoms with Crippen molar-refractivity contribution in [2.24, 2.45) is 0 Å². The molecule has 2 heterocycles. The van der Waals surface area contributed by atoms with Gasteiger partial charge in [-0.05, 0) is 37.6 Å². The molecule has 1 aliphatic rings. The summed E-state index contributed by atoms with van der Waals surface area (Å²) in [5.74, 6) is 0.715. The van der Waals surface area contributed by atoms with Crippen LogP contribution in [0.2, 0.25) is 0 Å². The first-order chi connectivity index (χ1) is 11.5. The van der Waals surface area contributed by atoms with Gasteiger partial charge in [-0.2, -0.15) is 0 Å². The van der Waals surface area contributed by atoms with Gasteiger partial charge < -0.3 is 14.7 Å². The van der Waals surface area contributed by atoms with E-state index in [0.717, 1.165) is 17.0 Å². The first-order valence-electron chi connectivity index (χ1n) is 8.14. The Bertz CT molecular complexity index is 688. The standard InChI is InChI=1S/C19H22N2O3/c1-15-5-7-17(8-6-15)24-14-19(23)9-11-21(13-19)18(22)12-16-4-2-3-10-20-16/h2-8,10,23H,9,11-14H2,1H3. The highest BCUT2D eigenvalue weighted by atomic mass is 16.5. The molecule has 1 aliphatic heterocycles. The van der Waals surface area contributed by atoms with Crippen molar-refractivity contribution in [2.45, 2.75) is 25.4 Å². The normalized spacial score (nSPS) is 20.2. The molecule has 24 heavy (non-hydrogen) atoms. The van der Waals surface area contributed by atoms with Crippen LogP contribution < -0.4 is 4.74 Å². The number of rotatable bonds is 5. The highest BCUT2D eigenvalue weighted by Crippen LogP contribution is 2.23. The SMILES string of the molecule is Cc1ccc(OCC2(O)CCN(C(=O)Cc3ccccn3)C2)cc1. The molecule has 0 saturated carbocycles. The summed E-state index contributed by atoms with van der Waals surface area (Å²) < 4.78 is 5.69. The van der Waals surface area contributed by atoms with E-state index in [1.54, 1.807) is 11.1 Å². The van der Waals surface area contributed by atoms with Crippen molar-refractivity contribution in [1.29, 1.82) is 0 Å². The molecule has 5 heteroatoms. The van der Waals surface area contributed by atoms with E-state index in [2.05, 4.69) is 4.98 Å². The molecule has 2 aromatic rings. The van der Waals surface area contributed by atoms with Crippen LogP contribution in [0.3, 0.4) is 0 Å². The van der Waals surface area contributed by atoms with E-state index in [1.165, 1.54) is 0 Å². The molecule has 1 fully saturated rings. The quantitative estimate of drug-likeness (QED) is 0.912. The monoisotopic (exact) mass is 326 g/mol. The molecule has 1 aromatic heterocycles. The Kier molecular flexibility index (Phi) is 4.81. The molecule has 1 aromatic carbocycles. The number of aliphatic hydroxyl groups is 1. The zero-order chi connectivity index (χ0) is 17.0. The van der Waals surface area contributed by atoms with Gasteiger partial charge in [0, 0.05) is 18.4 Å². The lowest BCUT2D eigenvalue weighted by molar-refractivity contribution is -0.130. The van der Waals surface area contributed by atoms with Gasteiger partial charge >= 0.3 is 0 Å². The van der Waals surface area contributed by atoms with Crippen LogP contribution in [0.1, 0.15) is 17.7 Å². The van der Waals surface area contributed by atoms with Gasteiger partial charge in [0.25, 0.3) is 0 Å². The maximum absolute atomic E-state index is 12.3.